The van der Waals surface area contributed by atoms with Crippen molar-refractivity contribution in [2.75, 3.05) is 5.73 Å². The second kappa shape index (κ2) is 4.69. The van der Waals surface area contributed by atoms with Crippen molar-refractivity contribution in [2.45, 2.75) is 6.92 Å². The van der Waals surface area contributed by atoms with Gasteiger partial charge in [0.25, 0.3) is 5.89 Å². The number of aryl methyl sites for hydroxylation is 1. The highest BCUT2D eigenvalue weighted by Crippen LogP contribution is 2.25. The molecule has 0 aliphatic carbocycles. The topological polar surface area (TPSA) is 90.7 Å². The number of benzene rings is 1. The number of aromatic nitrogens is 4. The Bertz CT molecular complexity index is 771. The molecule has 0 bridgehead atoms. The number of anilines is 1. The van der Waals surface area contributed by atoms with E-state index in [1.54, 1.807) is 19.2 Å². The number of nitrogen functional groups attached to an aromatic ring is 1. The van der Waals surface area contributed by atoms with Crippen molar-refractivity contribution in [3.8, 4) is 23.0 Å². The molecule has 0 spiro atoms. The van der Waals surface area contributed by atoms with Gasteiger partial charge in [-0.2, -0.15) is 4.98 Å². The van der Waals surface area contributed by atoms with Crippen LogP contribution in [0, 0.1) is 12.7 Å². The van der Waals surface area contributed by atoms with Gasteiger partial charge >= 0.3 is 0 Å². The summed E-state index contributed by atoms with van der Waals surface area (Å²) in [5.41, 5.74) is 6.71. The van der Waals surface area contributed by atoms with Crippen LogP contribution in [0.5, 0.6) is 0 Å². The van der Waals surface area contributed by atoms with Gasteiger partial charge in [-0.15, -0.1) is 0 Å². The van der Waals surface area contributed by atoms with E-state index in [1.807, 2.05) is 0 Å². The van der Waals surface area contributed by atoms with Crippen LogP contribution >= 0.6 is 0 Å². The van der Waals surface area contributed by atoms with Crippen LogP contribution in [-0.2, 0) is 0 Å². The van der Waals surface area contributed by atoms with Crippen molar-refractivity contribution in [2.24, 2.45) is 0 Å². The first-order valence-corrected chi connectivity index (χ1v) is 5.82. The van der Waals surface area contributed by atoms with Crippen molar-refractivity contribution < 1.29 is 8.91 Å². The summed E-state index contributed by atoms with van der Waals surface area (Å²) in [6.07, 6.45) is 1.59. The molecule has 20 heavy (non-hydrogen) atoms. The fraction of sp³-hybridized carbons (Fsp3) is 0.0769. The molecule has 0 saturated heterocycles. The highest BCUT2D eigenvalue weighted by atomic mass is 19.1. The molecule has 0 saturated carbocycles. The Morgan fingerprint density at radius 3 is 2.85 bits per heavy atom. The van der Waals surface area contributed by atoms with Crippen molar-refractivity contribution in [3.05, 3.63) is 42.1 Å². The number of hydrogen-bond donors (Lipinski definition) is 1. The Labute approximate surface area is 113 Å². The van der Waals surface area contributed by atoms with E-state index in [1.165, 1.54) is 18.2 Å². The number of halogens is 1. The predicted molar refractivity (Wildman–Crippen MR) is 69.9 cm³/mol. The third-order valence-corrected chi connectivity index (χ3v) is 2.65. The maximum atomic E-state index is 13.7. The fourth-order valence-electron chi connectivity index (χ4n) is 1.72. The average Bonchev–Trinajstić information content (AvgIpc) is 2.91. The molecule has 100 valence electrons. The highest BCUT2D eigenvalue weighted by Gasteiger charge is 2.15. The lowest BCUT2D eigenvalue weighted by Crippen LogP contribution is -1.92. The molecule has 0 aliphatic heterocycles. The van der Waals surface area contributed by atoms with E-state index in [-0.39, 0.29) is 17.3 Å². The van der Waals surface area contributed by atoms with Crippen LogP contribution in [0.4, 0.5) is 10.1 Å². The average molecular weight is 271 g/mol. The zero-order chi connectivity index (χ0) is 14.1. The molecule has 2 aromatic heterocycles. The standard InChI is InChI=1S/C13H10FN5O/c1-7-16-5-4-11(17-7)12-18-13(20-19-12)9-6-8(15)2-3-10(9)14/h2-6H,15H2,1H3. The fourth-order valence-corrected chi connectivity index (χ4v) is 1.72. The minimum atomic E-state index is -0.478. The molecule has 7 heteroatoms. The van der Waals surface area contributed by atoms with Gasteiger partial charge in [0.2, 0.25) is 5.82 Å². The molecule has 6 nitrogen and oxygen atoms in total. The Hall–Kier alpha value is -2.83. The van der Waals surface area contributed by atoms with Crippen LogP contribution < -0.4 is 5.73 Å². The summed E-state index contributed by atoms with van der Waals surface area (Å²) in [5.74, 6) is 0.436. The summed E-state index contributed by atoms with van der Waals surface area (Å²) in [6.45, 7) is 1.75. The lowest BCUT2D eigenvalue weighted by molar-refractivity contribution is 0.429. The maximum Gasteiger partial charge on any atom is 0.261 e. The van der Waals surface area contributed by atoms with Crippen LogP contribution in [0.2, 0.25) is 0 Å². The minimum Gasteiger partial charge on any atom is -0.399 e. The number of hydrogen-bond acceptors (Lipinski definition) is 6. The van der Waals surface area contributed by atoms with Crippen LogP contribution in [-0.4, -0.2) is 20.1 Å². The minimum absolute atomic E-state index is 0.0565. The van der Waals surface area contributed by atoms with Gasteiger partial charge < -0.3 is 10.3 Å². The van der Waals surface area contributed by atoms with Crippen LogP contribution in [0.15, 0.2) is 35.0 Å². The summed E-state index contributed by atoms with van der Waals surface area (Å²) in [7, 11) is 0. The smallest absolute Gasteiger partial charge is 0.261 e. The quantitative estimate of drug-likeness (QED) is 0.719. The molecule has 3 aromatic rings. The molecule has 0 atom stereocenters. The first-order valence-electron chi connectivity index (χ1n) is 5.82. The second-order valence-electron chi connectivity index (χ2n) is 4.15. The molecule has 0 radical (unpaired) electrons. The molecule has 3 rings (SSSR count). The van der Waals surface area contributed by atoms with E-state index in [9.17, 15) is 4.39 Å². The molecule has 0 fully saturated rings. The van der Waals surface area contributed by atoms with E-state index in [2.05, 4.69) is 20.1 Å². The lowest BCUT2D eigenvalue weighted by atomic mass is 10.2. The van der Waals surface area contributed by atoms with Crippen LogP contribution in [0.1, 0.15) is 5.82 Å². The van der Waals surface area contributed by atoms with Crippen LogP contribution in [0.3, 0.4) is 0 Å². The summed E-state index contributed by atoms with van der Waals surface area (Å²) in [4.78, 5) is 12.3. The van der Waals surface area contributed by atoms with Crippen molar-refractivity contribution >= 4 is 5.69 Å². The molecule has 2 heterocycles. The van der Waals surface area contributed by atoms with Gasteiger partial charge in [0.1, 0.15) is 17.3 Å². The van der Waals surface area contributed by atoms with E-state index in [4.69, 9.17) is 10.3 Å². The van der Waals surface area contributed by atoms with E-state index in [0.29, 0.717) is 17.2 Å². The van der Waals surface area contributed by atoms with Gasteiger partial charge in [-0.3, -0.25) is 0 Å². The van der Waals surface area contributed by atoms with E-state index in [0.717, 1.165) is 0 Å². The Kier molecular flexibility index (Phi) is 2.86. The molecular formula is C13H10FN5O. The third kappa shape index (κ3) is 2.20. The third-order valence-electron chi connectivity index (χ3n) is 2.65. The largest absolute Gasteiger partial charge is 0.399 e. The molecule has 1 aromatic carbocycles. The van der Waals surface area contributed by atoms with Crippen molar-refractivity contribution in [1.82, 2.24) is 20.1 Å². The first kappa shape index (κ1) is 12.2. The maximum absolute atomic E-state index is 13.7. The Balaban J connectivity index is 2.04. The molecule has 2 N–H and O–H groups in total. The molecule has 0 aliphatic rings. The van der Waals surface area contributed by atoms with Crippen molar-refractivity contribution in [1.29, 1.82) is 0 Å². The van der Waals surface area contributed by atoms with Crippen LogP contribution in [0.25, 0.3) is 23.0 Å². The lowest BCUT2D eigenvalue weighted by Gasteiger charge is -1.98. The second-order valence-corrected chi connectivity index (χ2v) is 4.15. The Morgan fingerprint density at radius 2 is 2.05 bits per heavy atom. The summed E-state index contributed by atoms with van der Waals surface area (Å²) >= 11 is 0. The Morgan fingerprint density at radius 1 is 1.20 bits per heavy atom. The van der Waals surface area contributed by atoms with Gasteiger partial charge in [-0.1, -0.05) is 5.16 Å². The summed E-state index contributed by atoms with van der Waals surface area (Å²) in [5, 5.41) is 3.79. The van der Waals surface area contributed by atoms with Gasteiger partial charge in [0, 0.05) is 11.9 Å². The number of nitrogens with two attached hydrogens (primary N) is 1. The van der Waals surface area contributed by atoms with Gasteiger partial charge in [-0.05, 0) is 31.2 Å². The molecule has 0 unspecified atom stereocenters. The molecule has 0 amide bonds. The zero-order valence-electron chi connectivity index (χ0n) is 10.5. The van der Waals surface area contributed by atoms with E-state index < -0.39 is 5.82 Å². The summed E-state index contributed by atoms with van der Waals surface area (Å²) < 4.78 is 18.8. The SMILES string of the molecule is Cc1nccc(-c2noc(-c3cc(N)ccc3F)n2)n1. The summed E-state index contributed by atoms with van der Waals surface area (Å²) in [6, 6.07) is 5.81. The van der Waals surface area contributed by atoms with Gasteiger partial charge in [0.15, 0.2) is 0 Å². The monoisotopic (exact) mass is 271 g/mol. The number of rotatable bonds is 2. The predicted octanol–water partition coefficient (Wildman–Crippen LogP) is 2.22. The molecular weight excluding hydrogens is 261 g/mol. The number of nitrogens with zero attached hydrogens (tertiary/aromatic N) is 4. The normalized spacial score (nSPS) is 10.7. The zero-order valence-corrected chi connectivity index (χ0v) is 10.5. The van der Waals surface area contributed by atoms with Gasteiger partial charge in [0.05, 0.1) is 5.56 Å². The first-order chi connectivity index (χ1) is 9.63. The van der Waals surface area contributed by atoms with E-state index >= 15 is 0 Å². The highest BCUT2D eigenvalue weighted by molar-refractivity contribution is 5.62. The van der Waals surface area contributed by atoms with Gasteiger partial charge in [-0.25, -0.2) is 14.4 Å². The van der Waals surface area contributed by atoms with Crippen molar-refractivity contribution in [3.63, 3.8) is 0 Å².